The van der Waals surface area contributed by atoms with Gasteiger partial charge in [0, 0.05) is 49.2 Å². The summed E-state index contributed by atoms with van der Waals surface area (Å²) in [5.41, 5.74) is 2.34. The van der Waals surface area contributed by atoms with Crippen LogP contribution < -0.4 is 0 Å². The minimum atomic E-state index is 0.00304. The van der Waals surface area contributed by atoms with Crippen molar-refractivity contribution in [2.24, 2.45) is 5.92 Å². The average molecular weight is 437 g/mol. The second kappa shape index (κ2) is 8.93. The highest BCUT2D eigenvalue weighted by molar-refractivity contribution is 7.15. The molecule has 5 rings (SSSR count). The number of rotatable bonds is 5. The third-order valence-corrected chi connectivity index (χ3v) is 7.27. The summed E-state index contributed by atoms with van der Waals surface area (Å²) in [4.78, 5) is 36.1. The van der Waals surface area contributed by atoms with E-state index in [1.165, 1.54) is 6.42 Å². The molecule has 2 aliphatic heterocycles. The molecule has 0 spiro atoms. The maximum atomic E-state index is 13.3. The molecule has 162 valence electrons. The molecule has 2 aromatic heterocycles. The molecule has 0 aliphatic carbocycles. The Balaban J connectivity index is 1.36. The van der Waals surface area contributed by atoms with E-state index in [4.69, 9.17) is 4.98 Å². The topological polar surface area (TPSA) is 57.9 Å². The van der Waals surface area contributed by atoms with Crippen molar-refractivity contribution in [2.45, 2.75) is 38.6 Å². The summed E-state index contributed by atoms with van der Waals surface area (Å²) in [5, 5.41) is 2.01. The van der Waals surface area contributed by atoms with Gasteiger partial charge >= 0.3 is 0 Å². The first-order valence-corrected chi connectivity index (χ1v) is 12.1. The lowest BCUT2D eigenvalue weighted by Gasteiger charge is -2.32. The van der Waals surface area contributed by atoms with Gasteiger partial charge in [-0.3, -0.25) is 18.9 Å². The van der Waals surface area contributed by atoms with Crippen LogP contribution in [-0.4, -0.2) is 57.1 Å². The van der Waals surface area contributed by atoms with Gasteiger partial charge in [0.15, 0.2) is 16.4 Å². The van der Waals surface area contributed by atoms with Crippen molar-refractivity contribution in [1.82, 2.24) is 19.2 Å². The van der Waals surface area contributed by atoms with E-state index in [0.717, 1.165) is 68.1 Å². The maximum absolute atomic E-state index is 13.3. The van der Waals surface area contributed by atoms with Crippen LogP contribution in [0.5, 0.6) is 0 Å². The predicted octanol–water partition coefficient (Wildman–Crippen LogP) is 4.12. The van der Waals surface area contributed by atoms with E-state index in [2.05, 4.69) is 9.30 Å². The van der Waals surface area contributed by atoms with Gasteiger partial charge in [0.2, 0.25) is 0 Å². The lowest BCUT2D eigenvalue weighted by atomic mass is 9.90. The molecule has 0 radical (unpaired) electrons. The number of carbonyl (C=O) groups excluding carboxylic acids is 2. The molecule has 1 amide bonds. The number of Topliss-reactive ketones (excluding diaryl/α,β-unsaturated/α-hetero) is 1. The van der Waals surface area contributed by atoms with Crippen LogP contribution in [0.3, 0.4) is 0 Å². The Labute approximate surface area is 186 Å². The van der Waals surface area contributed by atoms with Gasteiger partial charge in [-0.05, 0) is 38.6 Å². The molecule has 2 aliphatic rings. The summed E-state index contributed by atoms with van der Waals surface area (Å²) in [6.45, 7) is 3.95. The fourth-order valence-electron chi connectivity index (χ4n) is 4.86. The first kappa shape index (κ1) is 20.4. The molecule has 0 bridgehead atoms. The zero-order valence-corrected chi connectivity index (χ0v) is 18.5. The van der Waals surface area contributed by atoms with Crippen LogP contribution in [0, 0.1) is 5.92 Å². The number of likely N-dealkylation sites (tertiary alicyclic amines) is 2. The molecule has 7 heteroatoms. The van der Waals surface area contributed by atoms with Crippen molar-refractivity contribution in [1.29, 1.82) is 0 Å². The summed E-state index contributed by atoms with van der Waals surface area (Å²) < 4.78 is 2.06. The fourth-order valence-corrected chi connectivity index (χ4v) is 5.60. The molecular weight excluding hydrogens is 408 g/mol. The van der Waals surface area contributed by atoms with Gasteiger partial charge in [0.1, 0.15) is 0 Å². The Morgan fingerprint density at radius 2 is 1.84 bits per heavy atom. The summed E-state index contributed by atoms with van der Waals surface area (Å²) in [6.07, 6.45) is 7.25. The summed E-state index contributed by atoms with van der Waals surface area (Å²) in [7, 11) is 0. The van der Waals surface area contributed by atoms with Gasteiger partial charge in [-0.2, -0.15) is 0 Å². The quantitative estimate of drug-likeness (QED) is 0.565. The number of nitrogens with zero attached hydrogens (tertiary/aromatic N) is 4. The standard InChI is InChI=1S/C24H28N4O2S/c29-22(18-8-3-1-4-9-18)19-10-7-11-26(16-19)17-20-21(25-24-28(20)14-15-31-24)23(30)27-12-5-2-6-13-27/h1,3-4,8-9,14-15,19H,2,5-7,10-13,16-17H2. The third kappa shape index (κ3) is 4.16. The number of aromatic nitrogens is 2. The molecule has 31 heavy (non-hydrogen) atoms. The second-order valence-corrected chi connectivity index (χ2v) is 9.49. The van der Waals surface area contributed by atoms with E-state index < -0.39 is 0 Å². The predicted molar refractivity (Wildman–Crippen MR) is 122 cm³/mol. The largest absolute Gasteiger partial charge is 0.337 e. The van der Waals surface area contributed by atoms with Crippen molar-refractivity contribution < 1.29 is 9.59 Å². The van der Waals surface area contributed by atoms with Crippen molar-refractivity contribution in [3.05, 3.63) is 58.9 Å². The number of benzene rings is 1. The van der Waals surface area contributed by atoms with Gasteiger partial charge < -0.3 is 4.90 Å². The fraction of sp³-hybridized carbons (Fsp3) is 0.458. The molecule has 1 atom stereocenters. The number of thiazole rings is 1. The first-order valence-electron chi connectivity index (χ1n) is 11.3. The van der Waals surface area contributed by atoms with E-state index in [-0.39, 0.29) is 17.6 Å². The van der Waals surface area contributed by atoms with Crippen molar-refractivity contribution in [3.8, 4) is 0 Å². The number of piperidine rings is 2. The smallest absolute Gasteiger partial charge is 0.274 e. The van der Waals surface area contributed by atoms with E-state index in [1.54, 1.807) is 11.3 Å². The van der Waals surface area contributed by atoms with Crippen LogP contribution in [0.1, 0.15) is 58.6 Å². The Morgan fingerprint density at radius 3 is 2.65 bits per heavy atom. The van der Waals surface area contributed by atoms with Gasteiger partial charge in [-0.1, -0.05) is 30.3 Å². The SMILES string of the molecule is O=C(c1ccccc1)C1CCCN(Cc2c(C(=O)N3CCCCC3)nc3sccn23)C1. The Hall–Kier alpha value is -2.51. The molecule has 1 unspecified atom stereocenters. The molecule has 0 saturated carbocycles. The number of imidazole rings is 1. The molecule has 2 saturated heterocycles. The molecule has 1 aromatic carbocycles. The molecule has 4 heterocycles. The van der Waals surface area contributed by atoms with Crippen LogP contribution in [0.15, 0.2) is 41.9 Å². The highest BCUT2D eigenvalue weighted by Gasteiger charge is 2.30. The normalized spacial score (nSPS) is 20.3. The zero-order chi connectivity index (χ0) is 21.2. The minimum absolute atomic E-state index is 0.00304. The highest BCUT2D eigenvalue weighted by Crippen LogP contribution is 2.26. The maximum Gasteiger partial charge on any atom is 0.274 e. The van der Waals surface area contributed by atoms with Crippen molar-refractivity contribution in [2.75, 3.05) is 26.2 Å². The van der Waals surface area contributed by atoms with Crippen LogP contribution in [-0.2, 0) is 6.54 Å². The second-order valence-electron chi connectivity index (χ2n) is 8.62. The monoisotopic (exact) mass is 436 g/mol. The van der Waals surface area contributed by atoms with Gasteiger partial charge in [0.25, 0.3) is 5.91 Å². The third-order valence-electron chi connectivity index (χ3n) is 6.51. The van der Waals surface area contributed by atoms with Crippen molar-refractivity contribution in [3.63, 3.8) is 0 Å². The molecule has 3 aromatic rings. The van der Waals surface area contributed by atoms with Crippen LogP contribution in [0.25, 0.3) is 4.96 Å². The number of fused-ring (bicyclic) bond motifs is 1. The van der Waals surface area contributed by atoms with E-state index in [9.17, 15) is 9.59 Å². The Bertz CT molecular complexity index is 1070. The lowest BCUT2D eigenvalue weighted by molar-refractivity contribution is 0.0711. The number of carbonyl (C=O) groups is 2. The van der Waals surface area contributed by atoms with E-state index >= 15 is 0 Å². The molecule has 2 fully saturated rings. The van der Waals surface area contributed by atoms with E-state index in [1.807, 2.05) is 46.8 Å². The van der Waals surface area contributed by atoms with Crippen molar-refractivity contribution >= 4 is 28.0 Å². The Morgan fingerprint density at radius 1 is 1.03 bits per heavy atom. The first-order chi connectivity index (χ1) is 15.2. The van der Waals surface area contributed by atoms with Crippen LogP contribution in [0.2, 0.25) is 0 Å². The zero-order valence-electron chi connectivity index (χ0n) is 17.7. The number of hydrogen-bond donors (Lipinski definition) is 0. The van der Waals surface area contributed by atoms with Gasteiger partial charge in [-0.25, -0.2) is 4.98 Å². The molecule has 0 N–H and O–H groups in total. The van der Waals surface area contributed by atoms with Crippen LogP contribution >= 0.6 is 11.3 Å². The summed E-state index contributed by atoms with van der Waals surface area (Å²) in [5.74, 6) is 0.284. The number of ketones is 1. The number of amides is 1. The van der Waals surface area contributed by atoms with Crippen LogP contribution in [0.4, 0.5) is 0 Å². The Kier molecular flexibility index (Phi) is 5.87. The number of hydrogen-bond acceptors (Lipinski definition) is 5. The lowest BCUT2D eigenvalue weighted by Crippen LogP contribution is -2.40. The molecular formula is C24H28N4O2S. The van der Waals surface area contributed by atoms with Gasteiger partial charge in [-0.15, -0.1) is 11.3 Å². The minimum Gasteiger partial charge on any atom is -0.337 e. The summed E-state index contributed by atoms with van der Waals surface area (Å²) >= 11 is 1.56. The average Bonchev–Trinajstić information content (AvgIpc) is 3.42. The highest BCUT2D eigenvalue weighted by atomic mass is 32.1. The van der Waals surface area contributed by atoms with E-state index in [0.29, 0.717) is 12.2 Å². The molecule has 6 nitrogen and oxygen atoms in total. The van der Waals surface area contributed by atoms with Gasteiger partial charge in [0.05, 0.1) is 5.69 Å². The summed E-state index contributed by atoms with van der Waals surface area (Å²) in [6, 6.07) is 9.60.